The molecule has 8 heteroatoms. The van der Waals surface area contributed by atoms with Gasteiger partial charge in [-0.05, 0) is 24.6 Å². The lowest BCUT2D eigenvalue weighted by molar-refractivity contribution is -0.385. The van der Waals surface area contributed by atoms with Gasteiger partial charge in [0.2, 0.25) is 5.91 Å². The number of para-hydroxylation sites is 2. The first-order valence-corrected chi connectivity index (χ1v) is 8.41. The summed E-state index contributed by atoms with van der Waals surface area (Å²) in [7, 11) is 0. The molecule has 1 heterocycles. The summed E-state index contributed by atoms with van der Waals surface area (Å²) in [5.74, 6) is -0.318. The maximum Gasteiger partial charge on any atom is 0.326 e. The van der Waals surface area contributed by atoms with Gasteiger partial charge in [-0.1, -0.05) is 24.3 Å². The Hall–Kier alpha value is -3.42. The summed E-state index contributed by atoms with van der Waals surface area (Å²) < 4.78 is 10.9. The van der Waals surface area contributed by atoms with Crippen LogP contribution in [-0.4, -0.2) is 30.0 Å². The first-order chi connectivity index (χ1) is 13.0. The van der Waals surface area contributed by atoms with Crippen molar-refractivity contribution in [1.82, 2.24) is 0 Å². The van der Waals surface area contributed by atoms with E-state index >= 15 is 0 Å². The van der Waals surface area contributed by atoms with E-state index in [0.29, 0.717) is 17.0 Å². The van der Waals surface area contributed by atoms with Gasteiger partial charge in [0, 0.05) is 12.1 Å². The van der Waals surface area contributed by atoms with Crippen LogP contribution in [0.2, 0.25) is 0 Å². The van der Waals surface area contributed by atoms with Crippen LogP contribution in [0.4, 0.5) is 11.4 Å². The second kappa shape index (κ2) is 7.86. The number of carbonyl (C=O) groups excluding carboxylic acids is 2. The zero-order valence-corrected chi connectivity index (χ0v) is 14.7. The van der Waals surface area contributed by atoms with Gasteiger partial charge in [-0.15, -0.1) is 0 Å². The highest BCUT2D eigenvalue weighted by Crippen LogP contribution is 2.31. The number of nitro benzene ring substituents is 1. The molecular weight excluding hydrogens is 352 g/mol. The monoisotopic (exact) mass is 370 g/mol. The summed E-state index contributed by atoms with van der Waals surface area (Å²) >= 11 is 0. The lowest BCUT2D eigenvalue weighted by Gasteiger charge is -2.22. The molecule has 0 radical (unpaired) electrons. The largest absolute Gasteiger partial charge is 0.491 e. The van der Waals surface area contributed by atoms with Gasteiger partial charge in [-0.2, -0.15) is 0 Å². The molecule has 0 spiro atoms. The molecule has 0 unspecified atom stereocenters. The standard InChI is InChI=1S/C19H18N2O6/c1-13(14-5-4-6-15(11-14)21(24)25)27-19(23)12-20-16-7-2-3-8-17(16)26-10-9-18(20)22/h2-8,11,13H,9-10,12H2,1H3/t13-/m1/s1. The number of hydrogen-bond acceptors (Lipinski definition) is 6. The third-order valence-electron chi connectivity index (χ3n) is 4.18. The lowest BCUT2D eigenvalue weighted by atomic mass is 10.1. The minimum Gasteiger partial charge on any atom is -0.491 e. The fourth-order valence-electron chi connectivity index (χ4n) is 2.82. The van der Waals surface area contributed by atoms with Crippen molar-refractivity contribution in [1.29, 1.82) is 0 Å². The van der Waals surface area contributed by atoms with Crippen LogP contribution in [0.5, 0.6) is 5.75 Å². The summed E-state index contributed by atoms with van der Waals surface area (Å²) in [5, 5.41) is 10.9. The molecule has 27 heavy (non-hydrogen) atoms. The molecule has 1 atom stereocenters. The van der Waals surface area contributed by atoms with E-state index in [2.05, 4.69) is 0 Å². The molecule has 8 nitrogen and oxygen atoms in total. The number of rotatable bonds is 5. The van der Waals surface area contributed by atoms with Crippen molar-refractivity contribution in [3.05, 3.63) is 64.2 Å². The molecule has 1 aliphatic rings. The summed E-state index contributed by atoms with van der Waals surface area (Å²) in [5.41, 5.74) is 0.938. The van der Waals surface area contributed by atoms with Crippen LogP contribution in [0.15, 0.2) is 48.5 Å². The Morgan fingerprint density at radius 3 is 2.85 bits per heavy atom. The van der Waals surface area contributed by atoms with Gasteiger partial charge in [0.05, 0.1) is 23.6 Å². The number of benzene rings is 2. The van der Waals surface area contributed by atoms with Gasteiger partial charge in [-0.3, -0.25) is 24.6 Å². The zero-order valence-electron chi connectivity index (χ0n) is 14.7. The van der Waals surface area contributed by atoms with Gasteiger partial charge < -0.3 is 9.47 Å². The summed E-state index contributed by atoms with van der Waals surface area (Å²) in [6.45, 7) is 1.60. The first kappa shape index (κ1) is 18.4. The minimum absolute atomic E-state index is 0.0795. The third kappa shape index (κ3) is 4.22. The molecule has 140 valence electrons. The number of fused-ring (bicyclic) bond motifs is 1. The van der Waals surface area contributed by atoms with Crippen molar-refractivity contribution < 1.29 is 24.0 Å². The Labute approximate surface area is 155 Å². The van der Waals surface area contributed by atoms with Crippen molar-refractivity contribution >= 4 is 23.3 Å². The average molecular weight is 370 g/mol. The molecule has 3 rings (SSSR count). The molecule has 0 saturated carbocycles. The molecule has 0 N–H and O–H groups in total. The van der Waals surface area contributed by atoms with Crippen LogP contribution in [0.25, 0.3) is 0 Å². The smallest absolute Gasteiger partial charge is 0.326 e. The number of esters is 1. The number of nitro groups is 1. The molecule has 0 saturated heterocycles. The minimum atomic E-state index is -0.689. The van der Waals surface area contributed by atoms with Crippen LogP contribution in [0, 0.1) is 10.1 Å². The van der Waals surface area contributed by atoms with Crippen molar-refractivity contribution in [3.8, 4) is 5.75 Å². The predicted molar refractivity (Wildman–Crippen MR) is 96.5 cm³/mol. The quantitative estimate of drug-likeness (QED) is 0.456. The number of anilines is 1. The highest BCUT2D eigenvalue weighted by molar-refractivity contribution is 5.99. The Balaban J connectivity index is 1.72. The highest BCUT2D eigenvalue weighted by atomic mass is 16.6. The van der Waals surface area contributed by atoms with Crippen LogP contribution >= 0.6 is 0 Å². The molecule has 0 fully saturated rings. The Morgan fingerprint density at radius 2 is 2.07 bits per heavy atom. The van der Waals surface area contributed by atoms with Crippen molar-refractivity contribution in [2.45, 2.75) is 19.4 Å². The third-order valence-corrected chi connectivity index (χ3v) is 4.18. The first-order valence-electron chi connectivity index (χ1n) is 8.41. The summed E-state index contributed by atoms with van der Waals surface area (Å²) in [6.07, 6.45) is -0.534. The molecule has 0 aliphatic carbocycles. The Kier molecular flexibility index (Phi) is 5.35. The number of ether oxygens (including phenoxy) is 2. The molecule has 2 aromatic carbocycles. The molecule has 1 amide bonds. The fraction of sp³-hybridized carbons (Fsp3) is 0.263. The predicted octanol–water partition coefficient (Wildman–Crippen LogP) is 3.01. The van der Waals surface area contributed by atoms with E-state index in [0.717, 1.165) is 0 Å². The number of non-ortho nitro benzene ring substituents is 1. The van der Waals surface area contributed by atoms with Crippen molar-refractivity contribution in [2.24, 2.45) is 0 Å². The SMILES string of the molecule is C[C@@H](OC(=O)CN1C(=O)CCOc2ccccc21)c1cccc([N+](=O)[O-])c1. The zero-order chi connectivity index (χ0) is 19.4. The van der Waals surface area contributed by atoms with E-state index in [9.17, 15) is 19.7 Å². The van der Waals surface area contributed by atoms with Gasteiger partial charge >= 0.3 is 5.97 Å². The second-order valence-electron chi connectivity index (χ2n) is 6.03. The fourth-order valence-corrected chi connectivity index (χ4v) is 2.82. The molecule has 2 aromatic rings. The topological polar surface area (TPSA) is 99.0 Å². The van der Waals surface area contributed by atoms with Crippen LogP contribution in [0.3, 0.4) is 0 Å². The normalized spacial score (nSPS) is 14.6. The van der Waals surface area contributed by atoms with E-state index in [1.165, 1.54) is 23.1 Å². The molecule has 0 aromatic heterocycles. The van der Waals surface area contributed by atoms with E-state index < -0.39 is 17.0 Å². The van der Waals surface area contributed by atoms with Crippen LogP contribution in [0.1, 0.15) is 25.0 Å². The maximum absolute atomic E-state index is 12.4. The van der Waals surface area contributed by atoms with Gasteiger partial charge in [0.25, 0.3) is 5.69 Å². The van der Waals surface area contributed by atoms with E-state index in [4.69, 9.17) is 9.47 Å². The number of carbonyl (C=O) groups is 2. The van der Waals surface area contributed by atoms with Crippen LogP contribution in [-0.2, 0) is 14.3 Å². The number of hydrogen-bond donors (Lipinski definition) is 0. The second-order valence-corrected chi connectivity index (χ2v) is 6.03. The number of nitrogens with zero attached hydrogens (tertiary/aromatic N) is 2. The Bertz CT molecular complexity index is 882. The van der Waals surface area contributed by atoms with Crippen molar-refractivity contribution in [2.75, 3.05) is 18.1 Å². The van der Waals surface area contributed by atoms with Crippen LogP contribution < -0.4 is 9.64 Å². The van der Waals surface area contributed by atoms with Gasteiger partial charge in [0.1, 0.15) is 18.4 Å². The van der Waals surface area contributed by atoms with E-state index in [-0.39, 0.29) is 31.2 Å². The molecule has 0 bridgehead atoms. The summed E-state index contributed by atoms with van der Waals surface area (Å²) in [4.78, 5) is 36.5. The summed E-state index contributed by atoms with van der Waals surface area (Å²) in [6, 6.07) is 12.9. The van der Waals surface area contributed by atoms with E-state index in [1.807, 2.05) is 0 Å². The lowest BCUT2D eigenvalue weighted by Crippen LogP contribution is -2.36. The van der Waals surface area contributed by atoms with Gasteiger partial charge in [0.15, 0.2) is 0 Å². The number of amides is 1. The Morgan fingerprint density at radius 1 is 1.30 bits per heavy atom. The van der Waals surface area contributed by atoms with Gasteiger partial charge in [-0.25, -0.2) is 0 Å². The highest BCUT2D eigenvalue weighted by Gasteiger charge is 2.26. The molecule has 1 aliphatic heterocycles. The van der Waals surface area contributed by atoms with E-state index in [1.54, 1.807) is 37.3 Å². The molecular formula is C19H18N2O6. The maximum atomic E-state index is 12.4. The average Bonchev–Trinajstić information content (AvgIpc) is 2.81. The van der Waals surface area contributed by atoms with Crippen molar-refractivity contribution in [3.63, 3.8) is 0 Å².